The van der Waals surface area contributed by atoms with E-state index in [9.17, 15) is 0 Å². The van der Waals surface area contributed by atoms with E-state index in [-0.39, 0.29) is 6.04 Å². The number of para-hydroxylation sites is 1. The van der Waals surface area contributed by atoms with E-state index in [0.29, 0.717) is 0 Å². The summed E-state index contributed by atoms with van der Waals surface area (Å²) in [6, 6.07) is 14.9. The molecule has 0 saturated heterocycles. The van der Waals surface area contributed by atoms with Crippen LogP contribution in [-0.4, -0.2) is 12.6 Å². The van der Waals surface area contributed by atoms with Gasteiger partial charge in [-0.3, -0.25) is 0 Å². The number of nitrogens with zero attached hydrogens (tertiary/aromatic N) is 1. The third kappa shape index (κ3) is 3.07. The second-order valence-corrected chi connectivity index (χ2v) is 6.28. The predicted molar refractivity (Wildman–Crippen MR) is 90.0 cm³/mol. The number of hydrogen-bond donors (Lipinski definition) is 1. The minimum Gasteiger partial charge on any atom is -0.365 e. The summed E-state index contributed by atoms with van der Waals surface area (Å²) in [7, 11) is 0. The average molecular weight is 301 g/mol. The Morgan fingerprint density at radius 2 is 1.90 bits per heavy atom. The van der Waals surface area contributed by atoms with Crippen LogP contribution in [0.3, 0.4) is 0 Å². The van der Waals surface area contributed by atoms with Crippen LogP contribution in [-0.2, 0) is 19.4 Å². The molecule has 0 saturated carbocycles. The van der Waals surface area contributed by atoms with Gasteiger partial charge in [0.25, 0.3) is 0 Å². The molecule has 0 spiro atoms. The molecule has 1 heterocycles. The van der Waals surface area contributed by atoms with Crippen LogP contribution in [0.4, 0.5) is 5.69 Å². The zero-order valence-corrected chi connectivity index (χ0v) is 13.1. The normalized spacial score (nSPS) is 15.7. The Kier molecular flexibility index (Phi) is 4.18. The Morgan fingerprint density at radius 1 is 1.14 bits per heavy atom. The minimum absolute atomic E-state index is 0.138. The van der Waals surface area contributed by atoms with Crippen molar-refractivity contribution in [2.45, 2.75) is 32.4 Å². The largest absolute Gasteiger partial charge is 0.365 e. The maximum Gasteiger partial charge on any atom is 0.0642 e. The van der Waals surface area contributed by atoms with Gasteiger partial charge in [0.2, 0.25) is 0 Å². The summed E-state index contributed by atoms with van der Waals surface area (Å²) in [6.45, 7) is 3.97. The van der Waals surface area contributed by atoms with E-state index in [1.165, 1.54) is 16.7 Å². The van der Waals surface area contributed by atoms with Gasteiger partial charge in [0.15, 0.2) is 0 Å². The molecule has 0 amide bonds. The first-order valence-corrected chi connectivity index (χ1v) is 7.87. The molecule has 1 aliphatic rings. The molecule has 2 aromatic carbocycles. The number of halogens is 1. The zero-order valence-electron chi connectivity index (χ0n) is 12.3. The maximum absolute atomic E-state index is 6.49. The van der Waals surface area contributed by atoms with Crippen LogP contribution in [0.15, 0.2) is 42.5 Å². The van der Waals surface area contributed by atoms with E-state index in [1.54, 1.807) is 0 Å². The standard InChI is InChI=1S/C18H21ClN2/c1-13(20)11-15-7-4-8-17(19)18(15)21-10-9-14-5-2-3-6-16(14)12-21/h2-8,13H,9-12,20H2,1H3. The first kappa shape index (κ1) is 14.4. The second-order valence-electron chi connectivity index (χ2n) is 5.87. The fourth-order valence-corrected chi connectivity index (χ4v) is 3.43. The Bertz CT molecular complexity index is 637. The third-order valence-corrected chi connectivity index (χ3v) is 4.36. The van der Waals surface area contributed by atoms with Crippen LogP contribution in [0.2, 0.25) is 5.02 Å². The van der Waals surface area contributed by atoms with Crippen LogP contribution in [0, 0.1) is 0 Å². The molecule has 1 atom stereocenters. The molecule has 3 heteroatoms. The van der Waals surface area contributed by atoms with Crippen molar-refractivity contribution in [1.29, 1.82) is 0 Å². The van der Waals surface area contributed by atoms with Crippen molar-refractivity contribution in [3.8, 4) is 0 Å². The summed E-state index contributed by atoms with van der Waals surface area (Å²) in [5.74, 6) is 0. The van der Waals surface area contributed by atoms with Crippen LogP contribution < -0.4 is 10.6 Å². The molecule has 2 N–H and O–H groups in total. The monoisotopic (exact) mass is 300 g/mol. The Labute approximate surface area is 131 Å². The number of benzene rings is 2. The SMILES string of the molecule is CC(N)Cc1cccc(Cl)c1N1CCc2ccccc2C1. The highest BCUT2D eigenvalue weighted by Crippen LogP contribution is 2.34. The van der Waals surface area contributed by atoms with Gasteiger partial charge in [0.05, 0.1) is 10.7 Å². The van der Waals surface area contributed by atoms with Crippen molar-refractivity contribution in [2.24, 2.45) is 5.73 Å². The molecule has 21 heavy (non-hydrogen) atoms. The molecule has 0 aromatic heterocycles. The van der Waals surface area contributed by atoms with E-state index in [4.69, 9.17) is 17.3 Å². The molecule has 0 radical (unpaired) electrons. The summed E-state index contributed by atoms with van der Waals surface area (Å²) in [4.78, 5) is 2.39. The number of nitrogens with two attached hydrogens (primary N) is 1. The van der Waals surface area contributed by atoms with Gasteiger partial charge < -0.3 is 10.6 Å². The van der Waals surface area contributed by atoms with Gasteiger partial charge in [-0.2, -0.15) is 0 Å². The lowest BCUT2D eigenvalue weighted by Crippen LogP contribution is -2.32. The number of fused-ring (bicyclic) bond motifs is 1. The molecular weight excluding hydrogens is 280 g/mol. The summed E-state index contributed by atoms with van der Waals surface area (Å²) in [5, 5.41) is 0.826. The average Bonchev–Trinajstić information content (AvgIpc) is 2.46. The highest BCUT2D eigenvalue weighted by atomic mass is 35.5. The highest BCUT2D eigenvalue weighted by molar-refractivity contribution is 6.33. The molecule has 1 unspecified atom stereocenters. The Balaban J connectivity index is 1.94. The first-order chi connectivity index (χ1) is 10.1. The molecule has 2 nitrogen and oxygen atoms in total. The molecule has 0 fully saturated rings. The quantitative estimate of drug-likeness (QED) is 0.934. The van der Waals surface area contributed by atoms with E-state index in [2.05, 4.69) is 35.2 Å². The van der Waals surface area contributed by atoms with Crippen molar-refractivity contribution >= 4 is 17.3 Å². The van der Waals surface area contributed by atoms with Crippen molar-refractivity contribution in [3.63, 3.8) is 0 Å². The lowest BCUT2D eigenvalue weighted by Gasteiger charge is -2.33. The Morgan fingerprint density at radius 3 is 2.67 bits per heavy atom. The van der Waals surface area contributed by atoms with Crippen molar-refractivity contribution < 1.29 is 0 Å². The van der Waals surface area contributed by atoms with E-state index in [0.717, 1.165) is 36.6 Å². The zero-order chi connectivity index (χ0) is 14.8. The van der Waals surface area contributed by atoms with Crippen LogP contribution >= 0.6 is 11.6 Å². The lowest BCUT2D eigenvalue weighted by molar-refractivity contribution is 0.706. The summed E-state index contributed by atoms with van der Waals surface area (Å²) >= 11 is 6.49. The van der Waals surface area contributed by atoms with Crippen molar-refractivity contribution in [1.82, 2.24) is 0 Å². The maximum atomic E-state index is 6.49. The highest BCUT2D eigenvalue weighted by Gasteiger charge is 2.20. The van der Waals surface area contributed by atoms with E-state index >= 15 is 0 Å². The summed E-state index contributed by atoms with van der Waals surface area (Å²) < 4.78 is 0. The van der Waals surface area contributed by atoms with Gasteiger partial charge in [0, 0.05) is 19.1 Å². The van der Waals surface area contributed by atoms with Crippen molar-refractivity contribution in [2.75, 3.05) is 11.4 Å². The summed E-state index contributed by atoms with van der Waals surface area (Å²) in [6.07, 6.45) is 1.92. The van der Waals surface area contributed by atoms with Crippen LogP contribution in [0.1, 0.15) is 23.6 Å². The molecule has 1 aliphatic heterocycles. The van der Waals surface area contributed by atoms with E-state index in [1.807, 2.05) is 19.1 Å². The number of rotatable bonds is 3. The molecular formula is C18H21ClN2. The van der Waals surface area contributed by atoms with Gasteiger partial charge in [-0.1, -0.05) is 48.0 Å². The van der Waals surface area contributed by atoms with Gasteiger partial charge in [-0.05, 0) is 42.5 Å². The lowest BCUT2D eigenvalue weighted by atomic mass is 9.97. The number of hydrogen-bond acceptors (Lipinski definition) is 2. The third-order valence-electron chi connectivity index (χ3n) is 4.06. The summed E-state index contributed by atoms with van der Waals surface area (Å²) in [5.41, 5.74) is 11.2. The van der Waals surface area contributed by atoms with Gasteiger partial charge in [-0.15, -0.1) is 0 Å². The van der Waals surface area contributed by atoms with Crippen LogP contribution in [0.5, 0.6) is 0 Å². The topological polar surface area (TPSA) is 29.3 Å². The molecule has 0 aliphatic carbocycles. The fourth-order valence-electron chi connectivity index (χ4n) is 3.11. The molecule has 110 valence electrons. The minimum atomic E-state index is 0.138. The molecule has 2 aromatic rings. The Hall–Kier alpha value is -1.51. The molecule has 3 rings (SSSR count). The predicted octanol–water partition coefficient (Wildman–Crippen LogP) is 3.79. The van der Waals surface area contributed by atoms with Gasteiger partial charge in [-0.25, -0.2) is 0 Å². The second kappa shape index (κ2) is 6.08. The number of anilines is 1. The fraction of sp³-hybridized carbons (Fsp3) is 0.333. The first-order valence-electron chi connectivity index (χ1n) is 7.50. The van der Waals surface area contributed by atoms with E-state index < -0.39 is 0 Å². The van der Waals surface area contributed by atoms with Crippen molar-refractivity contribution in [3.05, 3.63) is 64.2 Å². The van der Waals surface area contributed by atoms with Gasteiger partial charge in [0.1, 0.15) is 0 Å². The van der Waals surface area contributed by atoms with Gasteiger partial charge >= 0.3 is 0 Å². The smallest absolute Gasteiger partial charge is 0.0642 e. The van der Waals surface area contributed by atoms with Crippen LogP contribution in [0.25, 0.3) is 0 Å². The molecule has 0 bridgehead atoms.